The van der Waals surface area contributed by atoms with Gasteiger partial charge < -0.3 is 10.2 Å². The molecule has 0 aromatic heterocycles. The molecule has 0 spiro atoms. The van der Waals surface area contributed by atoms with Crippen LogP contribution in [0.2, 0.25) is 0 Å². The first-order chi connectivity index (χ1) is 14.7. The van der Waals surface area contributed by atoms with Crippen molar-refractivity contribution in [2.24, 2.45) is 0 Å². The standard InChI is InChI=1S/C30H46O2/c1-12-18(3)21-14-16-23(31)25(27(21)29(6,7)8)20(5)26-24(32)17-15-22(19(4)13-2)28(26)30(9,10)11/h14-20,31-32H,12-13H2,1-11H3. The summed E-state index contributed by atoms with van der Waals surface area (Å²) in [7, 11) is 0. The minimum atomic E-state index is -0.133. The van der Waals surface area contributed by atoms with Crippen molar-refractivity contribution in [3.05, 3.63) is 57.6 Å². The van der Waals surface area contributed by atoms with Crippen molar-refractivity contribution in [3.63, 3.8) is 0 Å². The normalized spacial score (nSPS) is 15.5. The summed E-state index contributed by atoms with van der Waals surface area (Å²) in [6, 6.07) is 7.91. The third kappa shape index (κ3) is 5.00. The van der Waals surface area contributed by atoms with Gasteiger partial charge in [-0.25, -0.2) is 0 Å². The van der Waals surface area contributed by atoms with E-state index in [9.17, 15) is 10.2 Å². The summed E-state index contributed by atoms with van der Waals surface area (Å²) in [6.45, 7) is 24.5. The molecule has 0 saturated carbocycles. The van der Waals surface area contributed by atoms with E-state index >= 15 is 0 Å². The van der Waals surface area contributed by atoms with Gasteiger partial charge in [0.1, 0.15) is 11.5 Å². The fourth-order valence-corrected chi connectivity index (χ4v) is 5.21. The van der Waals surface area contributed by atoms with Gasteiger partial charge in [0.25, 0.3) is 0 Å². The lowest BCUT2D eigenvalue weighted by atomic mass is 9.69. The summed E-state index contributed by atoms with van der Waals surface area (Å²) in [5.41, 5.74) is 6.68. The van der Waals surface area contributed by atoms with Crippen molar-refractivity contribution in [1.82, 2.24) is 0 Å². The second-order valence-electron chi connectivity index (χ2n) is 11.8. The highest BCUT2D eigenvalue weighted by Gasteiger charge is 2.34. The van der Waals surface area contributed by atoms with Gasteiger partial charge in [-0.3, -0.25) is 0 Å². The molecular formula is C30H46O2. The van der Waals surface area contributed by atoms with Gasteiger partial charge in [0.2, 0.25) is 0 Å². The molecule has 2 aromatic carbocycles. The van der Waals surface area contributed by atoms with Crippen molar-refractivity contribution in [2.45, 2.75) is 118 Å². The van der Waals surface area contributed by atoms with Crippen LogP contribution in [0.5, 0.6) is 11.5 Å². The molecule has 2 nitrogen and oxygen atoms in total. The van der Waals surface area contributed by atoms with E-state index in [0.29, 0.717) is 23.3 Å². The average Bonchev–Trinajstić information content (AvgIpc) is 2.70. The molecule has 178 valence electrons. The largest absolute Gasteiger partial charge is 0.508 e. The molecule has 0 aliphatic carbocycles. The predicted octanol–water partition coefficient (Wildman–Crippen LogP) is 8.87. The zero-order valence-electron chi connectivity index (χ0n) is 22.4. The predicted molar refractivity (Wildman–Crippen MR) is 139 cm³/mol. The molecule has 0 radical (unpaired) electrons. The van der Waals surface area contributed by atoms with Gasteiger partial charge in [0.15, 0.2) is 0 Å². The minimum absolute atomic E-state index is 0.132. The first-order valence-electron chi connectivity index (χ1n) is 12.4. The van der Waals surface area contributed by atoms with Crippen LogP contribution in [0.15, 0.2) is 24.3 Å². The fraction of sp³-hybridized carbons (Fsp3) is 0.600. The SMILES string of the molecule is CCC(C)c1ccc(O)c(C(C)c2c(O)ccc(C(C)CC)c2C(C)(C)C)c1C(C)(C)C. The Bertz CT molecular complexity index is 863. The summed E-state index contributed by atoms with van der Waals surface area (Å²) >= 11 is 0. The van der Waals surface area contributed by atoms with Crippen LogP contribution in [-0.4, -0.2) is 10.2 Å². The molecule has 2 heteroatoms. The van der Waals surface area contributed by atoms with E-state index in [2.05, 4.69) is 88.3 Å². The number of phenols is 2. The van der Waals surface area contributed by atoms with Gasteiger partial charge in [0.05, 0.1) is 0 Å². The maximum absolute atomic E-state index is 11.2. The molecule has 0 fully saturated rings. The van der Waals surface area contributed by atoms with Crippen molar-refractivity contribution >= 4 is 0 Å². The molecular weight excluding hydrogens is 392 g/mol. The Morgan fingerprint density at radius 3 is 1.19 bits per heavy atom. The first kappa shape index (κ1) is 26.3. The van der Waals surface area contributed by atoms with Gasteiger partial charge in [0, 0.05) is 17.0 Å². The van der Waals surface area contributed by atoms with Crippen LogP contribution in [-0.2, 0) is 10.8 Å². The van der Waals surface area contributed by atoms with Crippen LogP contribution in [0.1, 0.15) is 140 Å². The van der Waals surface area contributed by atoms with E-state index in [1.807, 2.05) is 12.1 Å². The Kier molecular flexibility index (Phi) is 7.80. The Morgan fingerprint density at radius 2 is 0.938 bits per heavy atom. The highest BCUT2D eigenvalue weighted by atomic mass is 16.3. The molecule has 0 heterocycles. The van der Waals surface area contributed by atoms with Crippen LogP contribution < -0.4 is 0 Å². The average molecular weight is 439 g/mol. The zero-order chi connectivity index (χ0) is 24.6. The van der Waals surface area contributed by atoms with Gasteiger partial charge in [-0.2, -0.15) is 0 Å². The lowest BCUT2D eigenvalue weighted by Crippen LogP contribution is -2.23. The summed E-state index contributed by atoms with van der Waals surface area (Å²) in [5, 5.41) is 22.4. The monoisotopic (exact) mass is 438 g/mol. The van der Waals surface area contributed by atoms with E-state index in [1.54, 1.807) is 0 Å². The molecule has 32 heavy (non-hydrogen) atoms. The second kappa shape index (κ2) is 9.49. The number of hydrogen-bond acceptors (Lipinski definition) is 2. The maximum atomic E-state index is 11.2. The fourth-order valence-electron chi connectivity index (χ4n) is 5.21. The van der Waals surface area contributed by atoms with Crippen molar-refractivity contribution < 1.29 is 10.2 Å². The Hall–Kier alpha value is -1.96. The van der Waals surface area contributed by atoms with Crippen LogP contribution in [0.3, 0.4) is 0 Å². The quantitative estimate of drug-likeness (QED) is 0.473. The van der Waals surface area contributed by atoms with Gasteiger partial charge in [-0.1, -0.05) is 88.3 Å². The molecule has 2 N–H and O–H groups in total. The maximum Gasteiger partial charge on any atom is 0.119 e. The summed E-state index contributed by atoms with van der Waals surface area (Å²) in [4.78, 5) is 0. The molecule has 0 aliphatic rings. The Morgan fingerprint density at radius 1 is 0.625 bits per heavy atom. The summed E-state index contributed by atoms with van der Waals surface area (Å²) in [6.07, 6.45) is 2.09. The minimum Gasteiger partial charge on any atom is -0.508 e. The third-order valence-electron chi connectivity index (χ3n) is 7.16. The number of rotatable bonds is 6. The lowest BCUT2D eigenvalue weighted by molar-refractivity contribution is 0.443. The Labute approximate surface area is 197 Å². The summed E-state index contributed by atoms with van der Waals surface area (Å²) in [5.74, 6) is 1.31. The third-order valence-corrected chi connectivity index (χ3v) is 7.16. The second-order valence-corrected chi connectivity index (χ2v) is 11.8. The molecule has 2 atom stereocenters. The number of benzene rings is 2. The number of phenolic OH excluding ortho intramolecular Hbond substituents is 2. The van der Waals surface area contributed by atoms with Crippen LogP contribution in [0.4, 0.5) is 0 Å². The first-order valence-corrected chi connectivity index (χ1v) is 12.4. The molecule has 2 aromatic rings. The van der Waals surface area contributed by atoms with Gasteiger partial charge >= 0.3 is 0 Å². The van der Waals surface area contributed by atoms with E-state index < -0.39 is 0 Å². The summed E-state index contributed by atoms with van der Waals surface area (Å²) < 4.78 is 0. The van der Waals surface area contributed by atoms with Crippen molar-refractivity contribution in [2.75, 3.05) is 0 Å². The van der Waals surface area contributed by atoms with Crippen molar-refractivity contribution in [1.29, 1.82) is 0 Å². The number of aromatic hydroxyl groups is 2. The highest BCUT2D eigenvalue weighted by Crippen LogP contribution is 2.49. The van der Waals surface area contributed by atoms with Gasteiger partial charge in [-0.05, 0) is 69.9 Å². The highest BCUT2D eigenvalue weighted by molar-refractivity contribution is 5.59. The topological polar surface area (TPSA) is 40.5 Å². The Balaban J connectivity index is 2.97. The number of hydrogen-bond donors (Lipinski definition) is 2. The van der Waals surface area contributed by atoms with Crippen LogP contribution >= 0.6 is 0 Å². The molecule has 0 amide bonds. The molecule has 0 saturated heterocycles. The van der Waals surface area contributed by atoms with E-state index in [-0.39, 0.29) is 16.7 Å². The smallest absolute Gasteiger partial charge is 0.119 e. The van der Waals surface area contributed by atoms with E-state index in [1.165, 1.54) is 22.3 Å². The van der Waals surface area contributed by atoms with E-state index in [4.69, 9.17) is 0 Å². The molecule has 2 rings (SSSR count). The molecule has 0 bridgehead atoms. The molecule has 2 unspecified atom stereocenters. The van der Waals surface area contributed by atoms with Crippen LogP contribution in [0.25, 0.3) is 0 Å². The van der Waals surface area contributed by atoms with E-state index in [0.717, 1.165) is 24.0 Å². The van der Waals surface area contributed by atoms with Gasteiger partial charge in [-0.15, -0.1) is 0 Å². The molecule has 0 aliphatic heterocycles. The van der Waals surface area contributed by atoms with Crippen LogP contribution in [0, 0.1) is 0 Å². The zero-order valence-corrected chi connectivity index (χ0v) is 22.4. The lowest BCUT2D eigenvalue weighted by Gasteiger charge is -2.35. The van der Waals surface area contributed by atoms with Crippen molar-refractivity contribution in [3.8, 4) is 11.5 Å².